The Labute approximate surface area is 191 Å². The molecule has 0 aliphatic carbocycles. The number of aromatic nitrogens is 3. The Balaban J connectivity index is 1.47. The molecule has 1 unspecified atom stereocenters. The summed E-state index contributed by atoms with van der Waals surface area (Å²) in [4.78, 5) is 15.1. The maximum absolute atomic E-state index is 13.3. The van der Waals surface area contributed by atoms with Crippen molar-refractivity contribution in [1.29, 1.82) is 0 Å². The third kappa shape index (κ3) is 5.16. The lowest BCUT2D eigenvalue weighted by Crippen LogP contribution is -2.38. The van der Waals surface area contributed by atoms with Crippen LogP contribution in [0.1, 0.15) is 25.3 Å². The van der Waals surface area contributed by atoms with Crippen molar-refractivity contribution >= 4 is 17.7 Å². The first-order valence-corrected chi connectivity index (χ1v) is 11.8. The second kappa shape index (κ2) is 10.7. The quantitative estimate of drug-likeness (QED) is 0.428. The van der Waals surface area contributed by atoms with Gasteiger partial charge in [-0.05, 0) is 38.0 Å². The average molecular weight is 457 g/mol. The standard InChI is InChI=1S/C23H28N4O4S/c1-3-27-22(20-11-7-13-31-20)24-25-23(27)32-16-21(28)26(15-18-9-6-12-30-18)14-17-8-4-5-10-19(17)29-2/h4-5,7-8,10-11,13,18H,3,6,9,12,14-16H2,1-2H3. The molecule has 1 saturated heterocycles. The molecular formula is C23H28N4O4S. The molecule has 4 rings (SSSR count). The van der Waals surface area contributed by atoms with Gasteiger partial charge in [-0.2, -0.15) is 0 Å². The first-order chi connectivity index (χ1) is 15.7. The number of benzene rings is 1. The zero-order chi connectivity index (χ0) is 22.3. The van der Waals surface area contributed by atoms with Crippen LogP contribution in [0.2, 0.25) is 0 Å². The molecule has 0 spiro atoms. The second-order valence-electron chi connectivity index (χ2n) is 7.54. The van der Waals surface area contributed by atoms with Crippen LogP contribution in [-0.2, 0) is 22.6 Å². The molecule has 1 amide bonds. The van der Waals surface area contributed by atoms with Crippen molar-refractivity contribution in [2.75, 3.05) is 26.0 Å². The van der Waals surface area contributed by atoms with E-state index in [0.29, 0.717) is 36.4 Å². The van der Waals surface area contributed by atoms with Crippen molar-refractivity contribution < 1.29 is 18.7 Å². The monoisotopic (exact) mass is 456 g/mol. The predicted octanol–water partition coefficient (Wildman–Crippen LogP) is 3.87. The third-order valence-corrected chi connectivity index (χ3v) is 6.41. The van der Waals surface area contributed by atoms with Crippen LogP contribution in [0.4, 0.5) is 0 Å². The molecule has 3 aromatic rings. The van der Waals surface area contributed by atoms with Crippen molar-refractivity contribution in [3.05, 3.63) is 48.2 Å². The van der Waals surface area contributed by atoms with E-state index in [-0.39, 0.29) is 17.8 Å². The highest BCUT2D eigenvalue weighted by Crippen LogP contribution is 2.26. The molecule has 0 saturated carbocycles. The number of amides is 1. The molecule has 0 bridgehead atoms. The van der Waals surface area contributed by atoms with Gasteiger partial charge >= 0.3 is 0 Å². The maximum Gasteiger partial charge on any atom is 0.233 e. The summed E-state index contributed by atoms with van der Waals surface area (Å²) >= 11 is 1.39. The van der Waals surface area contributed by atoms with Crippen LogP contribution < -0.4 is 4.74 Å². The van der Waals surface area contributed by atoms with Gasteiger partial charge in [-0.3, -0.25) is 9.36 Å². The minimum Gasteiger partial charge on any atom is -0.496 e. The van der Waals surface area contributed by atoms with Gasteiger partial charge in [0.15, 0.2) is 16.7 Å². The molecule has 1 fully saturated rings. The highest BCUT2D eigenvalue weighted by atomic mass is 32.2. The number of rotatable bonds is 10. The fourth-order valence-corrected chi connectivity index (χ4v) is 4.72. The molecule has 1 aromatic carbocycles. The Hall–Kier alpha value is -2.78. The number of nitrogens with zero attached hydrogens (tertiary/aromatic N) is 4. The largest absolute Gasteiger partial charge is 0.496 e. The van der Waals surface area contributed by atoms with Crippen molar-refractivity contribution in [2.45, 2.75) is 44.1 Å². The van der Waals surface area contributed by atoms with E-state index in [0.717, 1.165) is 30.8 Å². The Morgan fingerprint density at radius 3 is 2.88 bits per heavy atom. The minimum atomic E-state index is 0.0293. The van der Waals surface area contributed by atoms with Gasteiger partial charge in [-0.15, -0.1) is 10.2 Å². The molecule has 9 heteroatoms. The SMILES string of the molecule is CCn1c(SCC(=O)N(Cc2ccccc2OC)CC2CCCO2)nnc1-c1ccco1. The van der Waals surface area contributed by atoms with Crippen molar-refractivity contribution in [3.63, 3.8) is 0 Å². The van der Waals surface area contributed by atoms with Crippen molar-refractivity contribution in [1.82, 2.24) is 19.7 Å². The van der Waals surface area contributed by atoms with E-state index >= 15 is 0 Å². The molecule has 0 N–H and O–H groups in total. The number of thioether (sulfide) groups is 1. The molecule has 32 heavy (non-hydrogen) atoms. The number of ether oxygens (including phenoxy) is 2. The van der Waals surface area contributed by atoms with Crippen LogP contribution in [0.15, 0.2) is 52.2 Å². The van der Waals surface area contributed by atoms with Gasteiger partial charge in [0.05, 0.1) is 25.2 Å². The van der Waals surface area contributed by atoms with Crippen LogP contribution in [-0.4, -0.2) is 57.7 Å². The number of hydrogen-bond donors (Lipinski definition) is 0. The Kier molecular flexibility index (Phi) is 7.49. The van der Waals surface area contributed by atoms with Crippen LogP contribution in [0.25, 0.3) is 11.6 Å². The number of hydrogen-bond acceptors (Lipinski definition) is 7. The van der Waals surface area contributed by atoms with Gasteiger partial charge in [0, 0.05) is 31.8 Å². The lowest BCUT2D eigenvalue weighted by molar-refractivity contribution is -0.130. The summed E-state index contributed by atoms with van der Waals surface area (Å²) in [6.45, 7) is 4.50. The number of carbonyl (C=O) groups is 1. The zero-order valence-corrected chi connectivity index (χ0v) is 19.2. The van der Waals surface area contributed by atoms with Crippen LogP contribution in [0.5, 0.6) is 5.75 Å². The molecule has 8 nitrogen and oxygen atoms in total. The van der Waals surface area contributed by atoms with E-state index in [2.05, 4.69) is 10.2 Å². The summed E-state index contributed by atoms with van der Waals surface area (Å²) in [7, 11) is 1.65. The van der Waals surface area contributed by atoms with Gasteiger partial charge < -0.3 is 18.8 Å². The van der Waals surface area contributed by atoms with Crippen molar-refractivity contribution in [3.8, 4) is 17.3 Å². The summed E-state index contributed by atoms with van der Waals surface area (Å²) in [5.74, 6) is 2.39. The number of carbonyl (C=O) groups excluding carboxylic acids is 1. The van der Waals surface area contributed by atoms with E-state index in [9.17, 15) is 4.79 Å². The fourth-order valence-electron chi connectivity index (χ4n) is 3.81. The molecular weight excluding hydrogens is 428 g/mol. The van der Waals surface area contributed by atoms with E-state index in [1.54, 1.807) is 13.4 Å². The number of para-hydroxylation sites is 1. The highest BCUT2D eigenvalue weighted by Gasteiger charge is 2.25. The topological polar surface area (TPSA) is 82.6 Å². The first-order valence-electron chi connectivity index (χ1n) is 10.8. The molecule has 1 atom stereocenters. The third-order valence-electron chi connectivity index (χ3n) is 5.45. The second-order valence-corrected chi connectivity index (χ2v) is 8.48. The molecule has 2 aromatic heterocycles. The molecule has 3 heterocycles. The summed E-state index contributed by atoms with van der Waals surface area (Å²) in [6.07, 6.45) is 3.69. The molecule has 1 aliphatic heterocycles. The normalized spacial score (nSPS) is 15.8. The molecule has 170 valence electrons. The lowest BCUT2D eigenvalue weighted by atomic mass is 10.1. The summed E-state index contributed by atoms with van der Waals surface area (Å²) < 4.78 is 18.7. The lowest BCUT2D eigenvalue weighted by Gasteiger charge is -2.26. The van der Waals surface area contributed by atoms with Gasteiger partial charge in [0.25, 0.3) is 0 Å². The van der Waals surface area contributed by atoms with Crippen LogP contribution in [0.3, 0.4) is 0 Å². The number of furan rings is 1. The van der Waals surface area contributed by atoms with Gasteiger partial charge in [-0.25, -0.2) is 0 Å². The van der Waals surface area contributed by atoms with Crippen molar-refractivity contribution in [2.24, 2.45) is 0 Å². The van der Waals surface area contributed by atoms with Gasteiger partial charge in [0.2, 0.25) is 5.91 Å². The van der Waals surface area contributed by atoms with E-state index < -0.39 is 0 Å². The highest BCUT2D eigenvalue weighted by molar-refractivity contribution is 7.99. The van der Waals surface area contributed by atoms with E-state index in [4.69, 9.17) is 13.9 Å². The van der Waals surface area contributed by atoms with Crippen LogP contribution in [0, 0.1) is 0 Å². The minimum absolute atomic E-state index is 0.0293. The summed E-state index contributed by atoms with van der Waals surface area (Å²) in [5, 5.41) is 9.25. The average Bonchev–Trinajstić information content (AvgIpc) is 3.59. The number of methoxy groups -OCH3 is 1. The first kappa shape index (κ1) is 22.4. The zero-order valence-electron chi connectivity index (χ0n) is 18.4. The smallest absolute Gasteiger partial charge is 0.233 e. The Morgan fingerprint density at radius 2 is 2.16 bits per heavy atom. The van der Waals surface area contributed by atoms with E-state index in [1.165, 1.54) is 11.8 Å². The Morgan fingerprint density at radius 1 is 1.28 bits per heavy atom. The predicted molar refractivity (Wildman–Crippen MR) is 122 cm³/mol. The summed E-state index contributed by atoms with van der Waals surface area (Å²) in [5.41, 5.74) is 0.975. The Bertz CT molecular complexity index is 1010. The maximum atomic E-state index is 13.3. The fraction of sp³-hybridized carbons (Fsp3) is 0.435. The van der Waals surface area contributed by atoms with Gasteiger partial charge in [0.1, 0.15) is 5.75 Å². The van der Waals surface area contributed by atoms with Crippen LogP contribution >= 0.6 is 11.8 Å². The van der Waals surface area contributed by atoms with Gasteiger partial charge in [-0.1, -0.05) is 30.0 Å². The van der Waals surface area contributed by atoms with E-state index in [1.807, 2.05) is 52.8 Å². The molecule has 0 radical (unpaired) electrons. The molecule has 1 aliphatic rings. The summed E-state index contributed by atoms with van der Waals surface area (Å²) in [6, 6.07) is 11.5.